The van der Waals surface area contributed by atoms with Crippen LogP contribution in [0.4, 0.5) is 0 Å². The summed E-state index contributed by atoms with van der Waals surface area (Å²) in [5.41, 5.74) is -0.353. The molecule has 0 aliphatic heterocycles. The van der Waals surface area contributed by atoms with Crippen molar-refractivity contribution in [2.45, 2.75) is 32.2 Å². The van der Waals surface area contributed by atoms with E-state index in [2.05, 4.69) is 0 Å². The molecule has 1 aliphatic rings. The summed E-state index contributed by atoms with van der Waals surface area (Å²) in [4.78, 5) is 24.2. The zero-order valence-corrected chi connectivity index (χ0v) is 10.0. The van der Waals surface area contributed by atoms with Gasteiger partial charge in [-0.05, 0) is 26.2 Å². The van der Waals surface area contributed by atoms with Gasteiger partial charge in [-0.15, -0.1) is 0 Å². The first kappa shape index (κ1) is 13.0. The second-order valence-electron chi connectivity index (χ2n) is 4.45. The summed E-state index contributed by atoms with van der Waals surface area (Å²) in [5, 5.41) is 8.84. The molecule has 0 aromatic rings. The Morgan fingerprint density at radius 3 is 2.44 bits per heavy atom. The molecule has 5 nitrogen and oxygen atoms in total. The Hall–Kier alpha value is -1.10. The molecule has 92 valence electrons. The average Bonchev–Trinajstić information content (AvgIpc) is 3.04. The molecular weight excluding hydrogens is 210 g/mol. The van der Waals surface area contributed by atoms with Gasteiger partial charge >= 0.3 is 5.97 Å². The zero-order valence-electron chi connectivity index (χ0n) is 10.0. The van der Waals surface area contributed by atoms with Crippen LogP contribution in [0.2, 0.25) is 0 Å². The third-order valence-electron chi connectivity index (χ3n) is 3.35. The van der Waals surface area contributed by atoms with Crippen LogP contribution >= 0.6 is 0 Å². The highest BCUT2D eigenvalue weighted by atomic mass is 16.5. The Morgan fingerprint density at radius 2 is 2.06 bits per heavy atom. The molecule has 1 unspecified atom stereocenters. The van der Waals surface area contributed by atoms with Crippen molar-refractivity contribution in [1.29, 1.82) is 0 Å². The van der Waals surface area contributed by atoms with Gasteiger partial charge in [-0.3, -0.25) is 4.79 Å². The van der Waals surface area contributed by atoms with E-state index in [1.165, 1.54) is 11.8 Å². The molecule has 1 N–H and O–H groups in total. The lowest BCUT2D eigenvalue weighted by atomic mass is 10.0. The van der Waals surface area contributed by atoms with Gasteiger partial charge in [0, 0.05) is 20.8 Å². The summed E-state index contributed by atoms with van der Waals surface area (Å²) in [6.07, 6.45) is 2.36. The predicted molar refractivity (Wildman–Crippen MR) is 58.0 cm³/mol. The number of carbonyl (C=O) groups is 2. The van der Waals surface area contributed by atoms with E-state index in [0.29, 0.717) is 13.0 Å². The average molecular weight is 229 g/mol. The summed E-state index contributed by atoms with van der Waals surface area (Å²) < 4.78 is 4.97. The molecule has 1 atom stereocenters. The first-order valence-corrected chi connectivity index (χ1v) is 5.43. The number of carboxylic acids is 1. The monoisotopic (exact) mass is 229 g/mol. The van der Waals surface area contributed by atoms with Gasteiger partial charge < -0.3 is 14.7 Å². The first-order valence-electron chi connectivity index (χ1n) is 5.43. The van der Waals surface area contributed by atoms with Gasteiger partial charge in [0.15, 0.2) is 0 Å². The standard InChI is InChI=1S/C11H19NO4/c1-8(9(13)14)12(2)10(15)11(4-5-11)6-7-16-3/h8H,4-7H2,1-3H3,(H,13,14). The van der Waals surface area contributed by atoms with Crippen molar-refractivity contribution >= 4 is 11.9 Å². The number of likely N-dealkylation sites (N-methyl/N-ethyl adjacent to an activating group) is 1. The van der Waals surface area contributed by atoms with Gasteiger partial charge in [-0.2, -0.15) is 0 Å². The van der Waals surface area contributed by atoms with E-state index < -0.39 is 12.0 Å². The number of nitrogens with zero attached hydrogens (tertiary/aromatic N) is 1. The van der Waals surface area contributed by atoms with Crippen molar-refractivity contribution < 1.29 is 19.4 Å². The molecule has 5 heteroatoms. The van der Waals surface area contributed by atoms with Crippen molar-refractivity contribution in [2.24, 2.45) is 5.41 Å². The topological polar surface area (TPSA) is 66.8 Å². The molecule has 1 fully saturated rings. The van der Waals surface area contributed by atoms with E-state index in [1.807, 2.05) is 0 Å². The largest absolute Gasteiger partial charge is 0.480 e. The Kier molecular flexibility index (Phi) is 3.91. The van der Waals surface area contributed by atoms with Crippen LogP contribution in [0.3, 0.4) is 0 Å². The lowest BCUT2D eigenvalue weighted by Gasteiger charge is -2.26. The molecule has 1 amide bonds. The highest BCUT2D eigenvalue weighted by Crippen LogP contribution is 2.50. The Labute approximate surface area is 95.4 Å². The van der Waals surface area contributed by atoms with Gasteiger partial charge in [0.1, 0.15) is 6.04 Å². The summed E-state index contributed by atoms with van der Waals surface area (Å²) >= 11 is 0. The second kappa shape index (κ2) is 4.82. The molecule has 1 aliphatic carbocycles. The number of hydrogen-bond donors (Lipinski definition) is 1. The molecule has 16 heavy (non-hydrogen) atoms. The number of carbonyl (C=O) groups excluding carboxylic acids is 1. The number of aliphatic carboxylic acids is 1. The maximum absolute atomic E-state index is 12.1. The lowest BCUT2D eigenvalue weighted by Crippen LogP contribution is -2.44. The Bertz CT molecular complexity index is 286. The van der Waals surface area contributed by atoms with E-state index in [1.54, 1.807) is 14.2 Å². The minimum Gasteiger partial charge on any atom is -0.480 e. The molecule has 1 rings (SSSR count). The summed E-state index contributed by atoms with van der Waals surface area (Å²) in [6, 6.07) is -0.771. The quantitative estimate of drug-likeness (QED) is 0.729. The molecule has 0 radical (unpaired) electrons. The fraction of sp³-hybridized carbons (Fsp3) is 0.818. The van der Waals surface area contributed by atoms with E-state index in [9.17, 15) is 9.59 Å². The fourth-order valence-electron chi connectivity index (χ4n) is 1.73. The van der Waals surface area contributed by atoms with E-state index in [0.717, 1.165) is 12.8 Å². The molecule has 0 aromatic carbocycles. The Balaban J connectivity index is 2.60. The van der Waals surface area contributed by atoms with E-state index in [4.69, 9.17) is 9.84 Å². The molecule has 0 heterocycles. The van der Waals surface area contributed by atoms with Gasteiger partial charge in [-0.1, -0.05) is 0 Å². The minimum absolute atomic E-state index is 0.0700. The maximum atomic E-state index is 12.1. The van der Waals surface area contributed by atoms with E-state index >= 15 is 0 Å². The van der Waals surface area contributed by atoms with Crippen molar-refractivity contribution in [2.75, 3.05) is 20.8 Å². The predicted octanol–water partition coefficient (Wildman–Crippen LogP) is 0.735. The van der Waals surface area contributed by atoms with Crippen molar-refractivity contribution in [3.8, 4) is 0 Å². The van der Waals surface area contributed by atoms with Crippen molar-refractivity contribution in [3.05, 3.63) is 0 Å². The highest BCUT2D eigenvalue weighted by Gasteiger charge is 2.51. The summed E-state index contributed by atoms with van der Waals surface area (Å²) in [7, 11) is 3.15. The van der Waals surface area contributed by atoms with Crippen LogP contribution in [-0.4, -0.2) is 48.7 Å². The van der Waals surface area contributed by atoms with Crippen LogP contribution in [0, 0.1) is 5.41 Å². The minimum atomic E-state index is -0.974. The number of amides is 1. The molecule has 0 saturated heterocycles. The highest BCUT2D eigenvalue weighted by molar-refractivity contribution is 5.89. The van der Waals surface area contributed by atoms with Crippen LogP contribution in [-0.2, 0) is 14.3 Å². The van der Waals surface area contributed by atoms with Crippen LogP contribution in [0.25, 0.3) is 0 Å². The van der Waals surface area contributed by atoms with E-state index in [-0.39, 0.29) is 11.3 Å². The number of rotatable bonds is 6. The van der Waals surface area contributed by atoms with Crippen LogP contribution < -0.4 is 0 Å². The first-order chi connectivity index (χ1) is 7.44. The summed E-state index contributed by atoms with van der Waals surface area (Å²) in [5.74, 6) is -1.04. The van der Waals surface area contributed by atoms with Crippen LogP contribution in [0.15, 0.2) is 0 Å². The number of methoxy groups -OCH3 is 1. The maximum Gasteiger partial charge on any atom is 0.326 e. The molecule has 0 bridgehead atoms. The summed E-state index contributed by atoms with van der Waals surface area (Å²) in [6.45, 7) is 2.06. The van der Waals surface area contributed by atoms with Crippen molar-refractivity contribution in [3.63, 3.8) is 0 Å². The smallest absolute Gasteiger partial charge is 0.326 e. The normalized spacial score (nSPS) is 18.9. The Morgan fingerprint density at radius 1 is 1.50 bits per heavy atom. The number of ether oxygens (including phenoxy) is 1. The lowest BCUT2D eigenvalue weighted by molar-refractivity contribution is -0.150. The SMILES string of the molecule is COCCC1(C(=O)N(C)C(C)C(=O)O)CC1. The molecule has 0 spiro atoms. The molecule has 0 aromatic heterocycles. The molecule has 1 saturated carbocycles. The van der Waals surface area contributed by atoms with Crippen molar-refractivity contribution in [1.82, 2.24) is 4.90 Å². The third-order valence-corrected chi connectivity index (χ3v) is 3.35. The molecular formula is C11H19NO4. The van der Waals surface area contributed by atoms with Gasteiger partial charge in [0.25, 0.3) is 0 Å². The number of hydrogen-bond acceptors (Lipinski definition) is 3. The zero-order chi connectivity index (χ0) is 12.3. The van der Waals surface area contributed by atoms with Gasteiger partial charge in [-0.25, -0.2) is 4.79 Å². The van der Waals surface area contributed by atoms with Crippen LogP contribution in [0.5, 0.6) is 0 Å². The number of carboxylic acid groups (broad SMARTS) is 1. The second-order valence-corrected chi connectivity index (χ2v) is 4.45. The van der Waals surface area contributed by atoms with Gasteiger partial charge in [0.2, 0.25) is 5.91 Å². The van der Waals surface area contributed by atoms with Crippen LogP contribution in [0.1, 0.15) is 26.2 Å². The van der Waals surface area contributed by atoms with Gasteiger partial charge in [0.05, 0.1) is 5.41 Å². The third kappa shape index (κ3) is 2.52. The fourth-order valence-corrected chi connectivity index (χ4v) is 1.73.